The maximum atomic E-state index is 5.95. The number of fused-ring (bicyclic) bond motifs is 1. The largest absolute Gasteiger partial charge is 0.330 e. The number of rotatable bonds is 7. The summed E-state index contributed by atoms with van der Waals surface area (Å²) < 4.78 is 0. The van der Waals surface area contributed by atoms with Crippen LogP contribution in [0.3, 0.4) is 0 Å². The minimum atomic E-state index is 0.577. The average Bonchev–Trinajstić information content (AvgIpc) is 2.96. The fourth-order valence-electron chi connectivity index (χ4n) is 8.09. The number of hydrogen-bond acceptors (Lipinski definition) is 1. The maximum Gasteiger partial charge on any atom is -0.00746 e. The third-order valence-electron chi connectivity index (χ3n) is 9.58. The van der Waals surface area contributed by atoms with Crippen molar-refractivity contribution in [1.82, 2.24) is 0 Å². The molecule has 3 saturated carbocycles. The van der Waals surface area contributed by atoms with Gasteiger partial charge in [0, 0.05) is 0 Å². The summed E-state index contributed by atoms with van der Waals surface area (Å²) in [4.78, 5) is 0. The summed E-state index contributed by atoms with van der Waals surface area (Å²) in [6, 6.07) is 0. The minimum absolute atomic E-state index is 0.577. The van der Waals surface area contributed by atoms with E-state index in [9.17, 15) is 0 Å². The van der Waals surface area contributed by atoms with E-state index in [-0.39, 0.29) is 0 Å². The van der Waals surface area contributed by atoms with Crippen molar-refractivity contribution in [2.75, 3.05) is 6.54 Å². The van der Waals surface area contributed by atoms with Crippen LogP contribution < -0.4 is 5.73 Å². The van der Waals surface area contributed by atoms with E-state index in [1.807, 2.05) is 0 Å². The number of unbranched alkanes of at least 4 members (excludes halogenated alkanes) is 1. The molecule has 3 fully saturated rings. The van der Waals surface area contributed by atoms with Crippen LogP contribution >= 0.6 is 0 Å². The highest BCUT2D eigenvalue weighted by Crippen LogP contribution is 2.62. The van der Waals surface area contributed by atoms with Crippen LogP contribution in [0.5, 0.6) is 0 Å². The molecule has 3 aliphatic carbocycles. The molecule has 0 radical (unpaired) electrons. The first-order valence-electron chi connectivity index (χ1n) is 12.1. The number of nitrogens with two attached hydrogens (primary N) is 1. The molecule has 0 aromatic rings. The van der Waals surface area contributed by atoms with E-state index < -0.39 is 0 Å². The summed E-state index contributed by atoms with van der Waals surface area (Å²) in [5.41, 5.74) is 7.20. The monoisotopic (exact) mass is 361 g/mol. The van der Waals surface area contributed by atoms with E-state index in [4.69, 9.17) is 5.73 Å². The lowest BCUT2D eigenvalue weighted by molar-refractivity contribution is -0.0204. The minimum Gasteiger partial charge on any atom is -0.330 e. The summed E-state index contributed by atoms with van der Waals surface area (Å²) in [7, 11) is 0. The molecule has 2 N–H and O–H groups in total. The van der Waals surface area contributed by atoms with Crippen molar-refractivity contribution in [3.8, 4) is 0 Å². The van der Waals surface area contributed by atoms with Crippen LogP contribution in [0.4, 0.5) is 0 Å². The molecule has 0 bridgehead atoms. The maximum absolute atomic E-state index is 5.95. The normalized spacial score (nSPS) is 44.7. The van der Waals surface area contributed by atoms with Crippen molar-refractivity contribution < 1.29 is 0 Å². The Morgan fingerprint density at radius 2 is 1.85 bits per heavy atom. The van der Waals surface area contributed by atoms with Crippen molar-refractivity contribution in [2.45, 2.75) is 111 Å². The van der Waals surface area contributed by atoms with Crippen LogP contribution in [-0.2, 0) is 0 Å². The van der Waals surface area contributed by atoms with E-state index in [1.54, 1.807) is 6.42 Å². The van der Waals surface area contributed by atoms with Crippen molar-refractivity contribution >= 4 is 0 Å². The second-order valence-corrected chi connectivity index (χ2v) is 11.1. The van der Waals surface area contributed by atoms with Crippen molar-refractivity contribution in [3.63, 3.8) is 0 Å². The van der Waals surface area contributed by atoms with Crippen molar-refractivity contribution in [2.24, 2.45) is 46.2 Å². The molecule has 0 spiro atoms. The zero-order valence-electron chi connectivity index (χ0n) is 18.4. The van der Waals surface area contributed by atoms with E-state index in [0.717, 1.165) is 36.1 Å². The Morgan fingerprint density at radius 1 is 1.04 bits per heavy atom. The van der Waals surface area contributed by atoms with Gasteiger partial charge in [0.15, 0.2) is 0 Å². The van der Waals surface area contributed by atoms with Crippen LogP contribution in [0.1, 0.15) is 111 Å². The van der Waals surface area contributed by atoms with Gasteiger partial charge in [-0.15, -0.1) is 0 Å². The molecule has 0 amide bonds. The fourth-order valence-corrected chi connectivity index (χ4v) is 8.09. The summed E-state index contributed by atoms with van der Waals surface area (Å²) in [5.74, 6) is 4.76. The molecule has 1 nitrogen and oxygen atoms in total. The van der Waals surface area contributed by atoms with Crippen molar-refractivity contribution in [3.05, 3.63) is 0 Å². The van der Waals surface area contributed by atoms with Crippen LogP contribution in [-0.4, -0.2) is 6.54 Å². The first kappa shape index (κ1) is 20.7. The highest BCUT2D eigenvalue weighted by Gasteiger charge is 2.53. The molecule has 3 rings (SSSR count). The standard InChI is InChI=1S/C25H47N/c1-5-6-16-25(4)22(19(2)14-17-26)12-13-23(25)20-10-11-21-9-7-8-15-24(21,3)18-20/h19-23H,5-18,26H2,1-4H3. The Labute approximate surface area is 164 Å². The van der Waals surface area contributed by atoms with E-state index in [2.05, 4.69) is 27.7 Å². The quantitative estimate of drug-likeness (QED) is 0.510. The second-order valence-electron chi connectivity index (χ2n) is 11.1. The van der Waals surface area contributed by atoms with Gasteiger partial charge in [0.1, 0.15) is 0 Å². The number of hydrogen-bond donors (Lipinski definition) is 1. The molecule has 1 heteroatoms. The van der Waals surface area contributed by atoms with Gasteiger partial charge < -0.3 is 5.73 Å². The lowest BCUT2D eigenvalue weighted by Crippen LogP contribution is -2.43. The lowest BCUT2D eigenvalue weighted by Gasteiger charge is -2.52. The van der Waals surface area contributed by atoms with Crippen LogP contribution in [0.25, 0.3) is 0 Å². The van der Waals surface area contributed by atoms with Gasteiger partial charge in [-0.2, -0.15) is 0 Å². The highest BCUT2D eigenvalue weighted by molar-refractivity contribution is 5.02. The van der Waals surface area contributed by atoms with E-state index in [1.165, 1.54) is 77.0 Å². The molecular weight excluding hydrogens is 314 g/mol. The Balaban J connectivity index is 1.76. The molecule has 26 heavy (non-hydrogen) atoms. The summed E-state index contributed by atoms with van der Waals surface area (Å²) in [6.07, 6.45) is 19.1. The Bertz CT molecular complexity index is 445. The predicted octanol–water partition coefficient (Wildman–Crippen LogP) is 7.19. The third-order valence-corrected chi connectivity index (χ3v) is 9.58. The van der Waals surface area contributed by atoms with Crippen molar-refractivity contribution in [1.29, 1.82) is 0 Å². The molecule has 0 aliphatic heterocycles. The SMILES string of the molecule is CCCCC1(C)C(C(C)CCN)CCC1C1CCC2CCCCC2(C)C1. The molecule has 152 valence electrons. The molecule has 7 unspecified atom stereocenters. The molecule has 0 aromatic heterocycles. The summed E-state index contributed by atoms with van der Waals surface area (Å²) in [5, 5.41) is 0. The zero-order chi connectivity index (χ0) is 18.8. The van der Waals surface area contributed by atoms with Crippen LogP contribution in [0, 0.1) is 40.4 Å². The van der Waals surface area contributed by atoms with Gasteiger partial charge in [0.05, 0.1) is 0 Å². The van der Waals surface area contributed by atoms with Crippen LogP contribution in [0.15, 0.2) is 0 Å². The molecule has 0 saturated heterocycles. The Kier molecular flexibility index (Phi) is 6.80. The Morgan fingerprint density at radius 3 is 2.58 bits per heavy atom. The average molecular weight is 362 g/mol. The molecule has 0 aromatic carbocycles. The highest BCUT2D eigenvalue weighted by atomic mass is 14.6. The zero-order valence-corrected chi connectivity index (χ0v) is 18.4. The first-order valence-corrected chi connectivity index (χ1v) is 12.1. The predicted molar refractivity (Wildman–Crippen MR) is 114 cm³/mol. The lowest BCUT2D eigenvalue weighted by atomic mass is 9.53. The third kappa shape index (κ3) is 3.89. The molecule has 0 heterocycles. The smallest absolute Gasteiger partial charge is 0.00746 e. The van der Waals surface area contributed by atoms with Gasteiger partial charge >= 0.3 is 0 Å². The van der Waals surface area contributed by atoms with Gasteiger partial charge in [-0.1, -0.05) is 53.4 Å². The van der Waals surface area contributed by atoms with Crippen LogP contribution in [0.2, 0.25) is 0 Å². The van der Waals surface area contributed by atoms with Gasteiger partial charge in [-0.3, -0.25) is 0 Å². The Hall–Kier alpha value is -0.0400. The summed E-state index contributed by atoms with van der Waals surface area (Å²) >= 11 is 0. The topological polar surface area (TPSA) is 26.0 Å². The van der Waals surface area contributed by atoms with Gasteiger partial charge in [0.2, 0.25) is 0 Å². The molecule has 3 aliphatic rings. The van der Waals surface area contributed by atoms with E-state index >= 15 is 0 Å². The molecular formula is C25H47N. The fraction of sp³-hybridized carbons (Fsp3) is 1.00. The first-order chi connectivity index (χ1) is 12.4. The van der Waals surface area contributed by atoms with Gasteiger partial charge in [0.25, 0.3) is 0 Å². The van der Waals surface area contributed by atoms with Gasteiger partial charge in [-0.05, 0) is 105 Å². The van der Waals surface area contributed by atoms with E-state index in [0.29, 0.717) is 10.8 Å². The van der Waals surface area contributed by atoms with Gasteiger partial charge in [-0.25, -0.2) is 0 Å². The molecule has 7 atom stereocenters. The second kappa shape index (κ2) is 8.54. The summed E-state index contributed by atoms with van der Waals surface area (Å²) in [6.45, 7) is 11.1.